The van der Waals surface area contributed by atoms with Crippen LogP contribution in [-0.4, -0.2) is 16.6 Å². The summed E-state index contributed by atoms with van der Waals surface area (Å²) in [7, 11) is 0. The summed E-state index contributed by atoms with van der Waals surface area (Å²) in [6, 6.07) is 5.07. The normalized spacial score (nSPS) is 18.3. The first kappa shape index (κ1) is 12.9. The Morgan fingerprint density at radius 3 is 2.61 bits per heavy atom. The Labute approximate surface area is 108 Å². The van der Waals surface area contributed by atoms with E-state index in [4.69, 9.17) is 0 Å². The van der Waals surface area contributed by atoms with Crippen LogP contribution in [0.3, 0.4) is 0 Å². The van der Waals surface area contributed by atoms with E-state index in [1.54, 1.807) is 25.1 Å². The molecule has 0 saturated heterocycles. The molecule has 3 heteroatoms. The zero-order valence-electron chi connectivity index (χ0n) is 11.1. The number of carbonyl (C=O) groups excluding carboxylic acids is 1. The standard InChI is InChI=1S/C15H21NO2/c1-11-12(7-6-8-13(11)17)14(18)16-15(2)9-4-3-5-10-15/h6-8,17H,3-5,9-10H2,1-2H3,(H,16,18). The molecule has 0 aliphatic heterocycles. The van der Waals surface area contributed by atoms with Gasteiger partial charge in [0.1, 0.15) is 5.75 Å². The second-order valence-electron chi connectivity index (χ2n) is 5.53. The van der Waals surface area contributed by atoms with Crippen molar-refractivity contribution in [2.24, 2.45) is 0 Å². The largest absolute Gasteiger partial charge is 0.508 e. The SMILES string of the molecule is Cc1c(O)cccc1C(=O)NC1(C)CCCCC1. The van der Waals surface area contributed by atoms with Crippen LogP contribution in [0.25, 0.3) is 0 Å². The third-order valence-electron chi connectivity index (χ3n) is 3.92. The third-order valence-corrected chi connectivity index (χ3v) is 3.92. The maximum absolute atomic E-state index is 12.3. The van der Waals surface area contributed by atoms with Gasteiger partial charge in [0.15, 0.2) is 0 Å². The third kappa shape index (κ3) is 2.66. The molecule has 1 aliphatic carbocycles. The van der Waals surface area contributed by atoms with Crippen molar-refractivity contribution in [2.75, 3.05) is 0 Å². The number of benzene rings is 1. The molecule has 98 valence electrons. The van der Waals surface area contributed by atoms with E-state index in [-0.39, 0.29) is 17.2 Å². The van der Waals surface area contributed by atoms with E-state index in [2.05, 4.69) is 12.2 Å². The van der Waals surface area contributed by atoms with Gasteiger partial charge in [-0.25, -0.2) is 0 Å². The first-order valence-corrected chi connectivity index (χ1v) is 6.63. The molecule has 0 aromatic heterocycles. The Morgan fingerprint density at radius 2 is 1.94 bits per heavy atom. The number of phenols is 1. The molecule has 1 aromatic rings. The summed E-state index contributed by atoms with van der Waals surface area (Å²) in [6.07, 6.45) is 5.69. The van der Waals surface area contributed by atoms with Gasteiger partial charge in [0.05, 0.1) is 0 Å². The second-order valence-corrected chi connectivity index (χ2v) is 5.53. The van der Waals surface area contributed by atoms with Gasteiger partial charge in [0, 0.05) is 16.7 Å². The number of phenolic OH excluding ortho intramolecular Hbond substituents is 1. The minimum atomic E-state index is -0.0900. The molecule has 0 atom stereocenters. The quantitative estimate of drug-likeness (QED) is 0.843. The van der Waals surface area contributed by atoms with Crippen LogP contribution in [0.4, 0.5) is 0 Å². The molecule has 0 unspecified atom stereocenters. The van der Waals surface area contributed by atoms with E-state index < -0.39 is 0 Å². The number of hydrogen-bond acceptors (Lipinski definition) is 2. The lowest BCUT2D eigenvalue weighted by Gasteiger charge is -2.34. The highest BCUT2D eigenvalue weighted by atomic mass is 16.3. The molecule has 2 N–H and O–H groups in total. The first-order valence-electron chi connectivity index (χ1n) is 6.63. The fourth-order valence-electron chi connectivity index (χ4n) is 2.67. The van der Waals surface area contributed by atoms with E-state index in [1.165, 1.54) is 19.3 Å². The molecule has 3 nitrogen and oxygen atoms in total. The van der Waals surface area contributed by atoms with Crippen molar-refractivity contribution in [2.45, 2.75) is 51.5 Å². The molecule has 0 bridgehead atoms. The zero-order chi connectivity index (χ0) is 13.2. The molecule has 18 heavy (non-hydrogen) atoms. The summed E-state index contributed by atoms with van der Waals surface area (Å²) in [4.78, 5) is 12.3. The predicted octanol–water partition coefficient (Wildman–Crippen LogP) is 3.15. The van der Waals surface area contributed by atoms with E-state index >= 15 is 0 Å². The summed E-state index contributed by atoms with van der Waals surface area (Å²) < 4.78 is 0. The van der Waals surface area contributed by atoms with E-state index in [0.717, 1.165) is 12.8 Å². The Hall–Kier alpha value is -1.51. The van der Waals surface area contributed by atoms with Crippen LogP contribution in [0.2, 0.25) is 0 Å². The molecule has 0 spiro atoms. The average molecular weight is 247 g/mol. The van der Waals surface area contributed by atoms with Gasteiger partial charge in [0.25, 0.3) is 5.91 Å². The Bertz CT molecular complexity index is 448. The van der Waals surface area contributed by atoms with Crippen molar-refractivity contribution in [3.8, 4) is 5.75 Å². The minimum absolute atomic E-state index is 0.0761. The highest BCUT2D eigenvalue weighted by Gasteiger charge is 2.29. The maximum Gasteiger partial charge on any atom is 0.252 e. The van der Waals surface area contributed by atoms with Gasteiger partial charge in [-0.1, -0.05) is 25.3 Å². The first-order chi connectivity index (χ1) is 8.52. The Balaban J connectivity index is 2.14. The van der Waals surface area contributed by atoms with Crippen molar-refractivity contribution in [1.82, 2.24) is 5.32 Å². The van der Waals surface area contributed by atoms with Gasteiger partial charge >= 0.3 is 0 Å². The summed E-state index contributed by atoms with van der Waals surface area (Å²) in [5, 5.41) is 12.8. The number of rotatable bonds is 2. The lowest BCUT2D eigenvalue weighted by molar-refractivity contribution is 0.0881. The van der Waals surface area contributed by atoms with Gasteiger partial charge in [-0.05, 0) is 38.8 Å². The van der Waals surface area contributed by atoms with Gasteiger partial charge < -0.3 is 10.4 Å². The molecule has 1 aromatic carbocycles. The lowest BCUT2D eigenvalue weighted by atomic mass is 9.83. The highest BCUT2D eigenvalue weighted by molar-refractivity contribution is 5.96. The zero-order valence-corrected chi connectivity index (χ0v) is 11.1. The fourth-order valence-corrected chi connectivity index (χ4v) is 2.67. The predicted molar refractivity (Wildman–Crippen MR) is 71.8 cm³/mol. The fraction of sp³-hybridized carbons (Fsp3) is 0.533. The average Bonchev–Trinajstić information content (AvgIpc) is 2.33. The van der Waals surface area contributed by atoms with Crippen molar-refractivity contribution >= 4 is 5.91 Å². The van der Waals surface area contributed by atoms with Crippen molar-refractivity contribution in [1.29, 1.82) is 0 Å². The monoisotopic (exact) mass is 247 g/mol. The summed E-state index contributed by atoms with van der Waals surface area (Å²) in [5.74, 6) is 0.101. The van der Waals surface area contributed by atoms with E-state index in [1.807, 2.05) is 0 Å². The number of amides is 1. The molecule has 2 rings (SSSR count). The minimum Gasteiger partial charge on any atom is -0.508 e. The molecule has 1 fully saturated rings. The summed E-state index contributed by atoms with van der Waals surface area (Å²) >= 11 is 0. The maximum atomic E-state index is 12.3. The van der Waals surface area contributed by atoms with Crippen LogP contribution >= 0.6 is 0 Å². The van der Waals surface area contributed by atoms with Crippen LogP contribution in [0.1, 0.15) is 54.9 Å². The molecule has 1 saturated carbocycles. The number of nitrogens with one attached hydrogen (secondary N) is 1. The summed E-state index contributed by atoms with van der Waals surface area (Å²) in [5.41, 5.74) is 1.13. The van der Waals surface area contributed by atoms with Crippen molar-refractivity contribution in [3.05, 3.63) is 29.3 Å². The number of hydrogen-bond donors (Lipinski definition) is 2. The molecule has 1 aliphatic rings. The number of carbonyl (C=O) groups is 1. The van der Waals surface area contributed by atoms with E-state index in [0.29, 0.717) is 11.1 Å². The van der Waals surface area contributed by atoms with Crippen LogP contribution in [0, 0.1) is 6.92 Å². The van der Waals surface area contributed by atoms with Gasteiger partial charge in [-0.2, -0.15) is 0 Å². The Kier molecular flexibility index (Phi) is 3.60. The van der Waals surface area contributed by atoms with Crippen LogP contribution in [0.15, 0.2) is 18.2 Å². The van der Waals surface area contributed by atoms with E-state index in [9.17, 15) is 9.90 Å². The Morgan fingerprint density at radius 1 is 1.28 bits per heavy atom. The van der Waals surface area contributed by atoms with Gasteiger partial charge in [-0.15, -0.1) is 0 Å². The molecule has 1 amide bonds. The molecule has 0 heterocycles. The molecule has 0 radical (unpaired) electrons. The molecular weight excluding hydrogens is 226 g/mol. The lowest BCUT2D eigenvalue weighted by Crippen LogP contribution is -2.47. The molecular formula is C15H21NO2. The highest BCUT2D eigenvalue weighted by Crippen LogP contribution is 2.28. The topological polar surface area (TPSA) is 49.3 Å². The second kappa shape index (κ2) is 5.01. The van der Waals surface area contributed by atoms with Crippen LogP contribution in [0.5, 0.6) is 5.75 Å². The van der Waals surface area contributed by atoms with Gasteiger partial charge in [-0.3, -0.25) is 4.79 Å². The van der Waals surface area contributed by atoms with Crippen molar-refractivity contribution < 1.29 is 9.90 Å². The number of aromatic hydroxyl groups is 1. The van der Waals surface area contributed by atoms with Crippen molar-refractivity contribution in [3.63, 3.8) is 0 Å². The van der Waals surface area contributed by atoms with Gasteiger partial charge in [0.2, 0.25) is 0 Å². The summed E-state index contributed by atoms with van der Waals surface area (Å²) in [6.45, 7) is 3.88. The van der Waals surface area contributed by atoms with Crippen LogP contribution in [-0.2, 0) is 0 Å². The smallest absolute Gasteiger partial charge is 0.252 e. The van der Waals surface area contributed by atoms with Crippen LogP contribution < -0.4 is 5.32 Å².